The highest BCUT2D eigenvalue weighted by Gasteiger charge is 2.32. The Hall–Kier alpha value is -1.74. The Kier molecular flexibility index (Phi) is 9.45. The fourth-order valence-corrected chi connectivity index (χ4v) is 2.42. The molecule has 1 atom stereocenters. The highest BCUT2D eigenvalue weighted by atomic mass is 19.1. The average Bonchev–Trinajstić information content (AvgIpc) is 2.52. The molecule has 2 nitrogen and oxygen atoms in total. The summed E-state index contributed by atoms with van der Waals surface area (Å²) in [5.41, 5.74) is 3.57. The molecule has 0 bridgehead atoms. The Labute approximate surface area is 146 Å². The van der Waals surface area contributed by atoms with Gasteiger partial charge in [0, 0.05) is 18.4 Å². The van der Waals surface area contributed by atoms with Crippen molar-refractivity contribution >= 4 is 5.78 Å². The largest absolute Gasteiger partial charge is 0.396 e. The number of carbonyl (C=O) groups is 1. The van der Waals surface area contributed by atoms with Gasteiger partial charge in [0.05, 0.1) is 0 Å². The molecule has 0 saturated carbocycles. The second kappa shape index (κ2) is 10.2. The Bertz CT molecular complexity index is 582. The Morgan fingerprint density at radius 2 is 1.79 bits per heavy atom. The molecule has 0 radical (unpaired) electrons. The van der Waals surface area contributed by atoms with Crippen molar-refractivity contribution in [2.24, 2.45) is 5.41 Å². The highest BCUT2D eigenvalue weighted by Crippen LogP contribution is 2.36. The van der Waals surface area contributed by atoms with E-state index in [2.05, 4.69) is 6.58 Å². The fraction of sp³-hybridized carbons (Fsp3) is 0.476. The first kappa shape index (κ1) is 22.3. The standard InChI is InChI=1S/C10H16O2.C8H9F.C3H6/c1-7-4-10(3,6-11)5-9(12)8(7)2;1-6-4-3-5-8(9)7(6)2;1-3-2/h11H,4-6H2,1-3H3;3-5H,1-2H3;3H,1H2,2H3. The number of Topliss-reactive ketones (excluding diaryl/α,β-unsaturated/α-hetero) is 1. The lowest BCUT2D eigenvalue weighted by atomic mass is 9.73. The van der Waals surface area contributed by atoms with Crippen molar-refractivity contribution in [2.45, 2.75) is 54.4 Å². The summed E-state index contributed by atoms with van der Waals surface area (Å²) in [4.78, 5) is 11.4. The van der Waals surface area contributed by atoms with Gasteiger partial charge in [-0.05, 0) is 63.8 Å². The van der Waals surface area contributed by atoms with Gasteiger partial charge in [0.2, 0.25) is 0 Å². The molecule has 0 saturated heterocycles. The van der Waals surface area contributed by atoms with Gasteiger partial charge in [-0.15, -0.1) is 6.58 Å². The van der Waals surface area contributed by atoms with Gasteiger partial charge < -0.3 is 5.11 Å². The molecule has 0 aromatic heterocycles. The number of allylic oxidation sites excluding steroid dienone is 3. The molecule has 0 spiro atoms. The van der Waals surface area contributed by atoms with E-state index in [1.807, 2.05) is 40.7 Å². The van der Waals surface area contributed by atoms with Crippen LogP contribution >= 0.6 is 0 Å². The van der Waals surface area contributed by atoms with Crippen LogP contribution in [0.15, 0.2) is 42.0 Å². The predicted octanol–water partition coefficient (Wildman–Crippen LogP) is 5.32. The summed E-state index contributed by atoms with van der Waals surface area (Å²) in [6.45, 7) is 14.8. The van der Waals surface area contributed by atoms with Gasteiger partial charge >= 0.3 is 0 Å². The van der Waals surface area contributed by atoms with Gasteiger partial charge in [0.25, 0.3) is 0 Å². The summed E-state index contributed by atoms with van der Waals surface area (Å²) >= 11 is 0. The number of aliphatic hydroxyl groups excluding tert-OH is 1. The van der Waals surface area contributed by atoms with E-state index in [1.54, 1.807) is 19.1 Å². The monoisotopic (exact) mass is 334 g/mol. The van der Waals surface area contributed by atoms with E-state index in [0.717, 1.165) is 28.7 Å². The van der Waals surface area contributed by atoms with Gasteiger partial charge in [-0.2, -0.15) is 0 Å². The molecular weight excluding hydrogens is 303 g/mol. The molecule has 1 aromatic rings. The number of rotatable bonds is 1. The molecule has 1 aromatic carbocycles. The van der Waals surface area contributed by atoms with E-state index in [0.29, 0.717) is 6.42 Å². The minimum Gasteiger partial charge on any atom is -0.396 e. The molecule has 1 N–H and O–H groups in total. The summed E-state index contributed by atoms with van der Waals surface area (Å²) < 4.78 is 12.6. The van der Waals surface area contributed by atoms with Crippen LogP contribution in [0.3, 0.4) is 0 Å². The third kappa shape index (κ3) is 6.79. The summed E-state index contributed by atoms with van der Waals surface area (Å²) in [6, 6.07) is 5.10. The number of ketones is 1. The second-order valence-electron chi connectivity index (χ2n) is 6.74. The van der Waals surface area contributed by atoms with Crippen LogP contribution in [0, 0.1) is 25.1 Å². The summed E-state index contributed by atoms with van der Waals surface area (Å²) in [7, 11) is 0. The first-order chi connectivity index (χ1) is 11.1. The lowest BCUT2D eigenvalue weighted by molar-refractivity contribution is -0.119. The number of hydrogen-bond acceptors (Lipinski definition) is 2. The minimum absolute atomic E-state index is 0.101. The van der Waals surface area contributed by atoms with Crippen LogP contribution in [0.25, 0.3) is 0 Å². The molecule has 0 amide bonds. The van der Waals surface area contributed by atoms with Crippen molar-refractivity contribution in [3.8, 4) is 0 Å². The third-order valence-corrected chi connectivity index (χ3v) is 4.26. The van der Waals surface area contributed by atoms with Crippen LogP contribution in [0.2, 0.25) is 0 Å². The van der Waals surface area contributed by atoms with Crippen molar-refractivity contribution < 1.29 is 14.3 Å². The number of halogens is 1. The van der Waals surface area contributed by atoms with Gasteiger partial charge in [-0.3, -0.25) is 4.79 Å². The summed E-state index contributed by atoms with van der Waals surface area (Å²) in [5, 5.41) is 9.10. The zero-order valence-electron chi connectivity index (χ0n) is 15.9. The van der Waals surface area contributed by atoms with Crippen molar-refractivity contribution in [3.63, 3.8) is 0 Å². The van der Waals surface area contributed by atoms with E-state index in [9.17, 15) is 9.18 Å². The molecule has 0 aliphatic heterocycles. The van der Waals surface area contributed by atoms with Crippen LogP contribution in [-0.2, 0) is 4.79 Å². The normalized spacial score (nSPS) is 19.8. The third-order valence-electron chi connectivity index (χ3n) is 4.26. The Balaban J connectivity index is 0.000000390. The smallest absolute Gasteiger partial charge is 0.159 e. The molecule has 0 fully saturated rings. The van der Waals surface area contributed by atoms with Crippen molar-refractivity contribution in [1.29, 1.82) is 0 Å². The topological polar surface area (TPSA) is 37.3 Å². The molecular formula is C21H31FO2. The zero-order chi connectivity index (χ0) is 18.9. The molecule has 0 heterocycles. The molecule has 134 valence electrons. The number of hydrogen-bond donors (Lipinski definition) is 1. The number of benzene rings is 1. The van der Waals surface area contributed by atoms with Crippen molar-refractivity contribution in [3.05, 3.63) is 58.9 Å². The fourth-order valence-electron chi connectivity index (χ4n) is 2.42. The van der Waals surface area contributed by atoms with E-state index in [4.69, 9.17) is 5.11 Å². The molecule has 1 unspecified atom stereocenters. The quantitative estimate of drug-likeness (QED) is 0.706. The van der Waals surface area contributed by atoms with Crippen LogP contribution in [-0.4, -0.2) is 17.5 Å². The highest BCUT2D eigenvalue weighted by molar-refractivity contribution is 5.96. The van der Waals surface area contributed by atoms with Gasteiger partial charge in [0.15, 0.2) is 5.78 Å². The van der Waals surface area contributed by atoms with Crippen LogP contribution in [0.1, 0.15) is 51.7 Å². The van der Waals surface area contributed by atoms with Crippen LogP contribution < -0.4 is 0 Å². The number of carbonyl (C=O) groups excluding carboxylic acids is 1. The van der Waals surface area contributed by atoms with E-state index >= 15 is 0 Å². The second-order valence-corrected chi connectivity index (χ2v) is 6.74. The maximum Gasteiger partial charge on any atom is 0.159 e. The SMILES string of the molecule is C=CC.CC1=C(C)C(=O)CC(C)(CO)C1.Cc1cccc(F)c1C. The van der Waals surface area contributed by atoms with Gasteiger partial charge in [0.1, 0.15) is 5.82 Å². The maximum absolute atomic E-state index is 12.6. The van der Waals surface area contributed by atoms with Crippen LogP contribution in [0.4, 0.5) is 4.39 Å². The van der Waals surface area contributed by atoms with Crippen molar-refractivity contribution in [1.82, 2.24) is 0 Å². The van der Waals surface area contributed by atoms with E-state index in [1.165, 1.54) is 6.07 Å². The first-order valence-corrected chi connectivity index (χ1v) is 8.21. The lowest BCUT2D eigenvalue weighted by Crippen LogP contribution is -2.30. The molecule has 2 rings (SSSR count). The summed E-state index contributed by atoms with van der Waals surface area (Å²) in [5.74, 6) is 0.0744. The molecule has 1 aliphatic rings. The maximum atomic E-state index is 12.6. The number of aryl methyl sites for hydroxylation is 1. The van der Waals surface area contributed by atoms with E-state index < -0.39 is 0 Å². The predicted molar refractivity (Wildman–Crippen MR) is 99.6 cm³/mol. The van der Waals surface area contributed by atoms with Gasteiger partial charge in [-0.1, -0.05) is 30.7 Å². The molecule has 3 heteroatoms. The minimum atomic E-state index is -0.208. The Morgan fingerprint density at radius 3 is 2.17 bits per heavy atom. The zero-order valence-corrected chi connectivity index (χ0v) is 15.9. The van der Waals surface area contributed by atoms with Crippen LogP contribution in [0.5, 0.6) is 0 Å². The number of aliphatic hydroxyl groups is 1. The lowest BCUT2D eigenvalue weighted by Gasteiger charge is -2.31. The average molecular weight is 334 g/mol. The molecule has 24 heavy (non-hydrogen) atoms. The Morgan fingerprint density at radius 1 is 1.25 bits per heavy atom. The van der Waals surface area contributed by atoms with Crippen molar-refractivity contribution in [2.75, 3.05) is 6.61 Å². The molecule has 1 aliphatic carbocycles. The summed E-state index contributed by atoms with van der Waals surface area (Å²) in [6.07, 6.45) is 3.09. The van der Waals surface area contributed by atoms with Gasteiger partial charge in [-0.25, -0.2) is 4.39 Å². The van der Waals surface area contributed by atoms with E-state index in [-0.39, 0.29) is 23.6 Å². The first-order valence-electron chi connectivity index (χ1n) is 8.21.